The summed E-state index contributed by atoms with van der Waals surface area (Å²) in [4.78, 5) is 22.9. The van der Waals surface area contributed by atoms with E-state index in [9.17, 15) is 14.9 Å². The van der Waals surface area contributed by atoms with E-state index in [1.54, 1.807) is 31.2 Å². The molecule has 2 aromatic carbocycles. The van der Waals surface area contributed by atoms with Crippen molar-refractivity contribution < 1.29 is 19.4 Å². The lowest BCUT2D eigenvalue weighted by Crippen LogP contribution is -2.14. The average molecular weight is 405 g/mol. The molecule has 2 N–H and O–H groups in total. The monoisotopic (exact) mass is 404 g/mol. The van der Waals surface area contributed by atoms with Crippen molar-refractivity contribution in [3.63, 3.8) is 0 Å². The predicted molar refractivity (Wildman–Crippen MR) is 103 cm³/mol. The Labute approximate surface area is 165 Å². The van der Waals surface area contributed by atoms with Crippen molar-refractivity contribution >= 4 is 46.8 Å². The normalized spacial score (nSPS) is 10.8. The number of carbonyl (C=O) groups excluding carboxylic acids is 1. The first-order valence-electron chi connectivity index (χ1n) is 7.64. The highest BCUT2D eigenvalue weighted by Gasteiger charge is 2.13. The molecule has 0 saturated carbocycles. The molecule has 2 aromatic rings. The topological polar surface area (TPSA) is 99.4 Å². The van der Waals surface area contributed by atoms with Crippen LogP contribution in [0.3, 0.4) is 0 Å². The zero-order chi connectivity index (χ0) is 20.0. The number of anilines is 1. The van der Waals surface area contributed by atoms with Crippen molar-refractivity contribution in [2.24, 2.45) is 0 Å². The molecule has 6 nitrogen and oxygen atoms in total. The van der Waals surface area contributed by atoms with Crippen LogP contribution in [-0.2, 0) is 9.59 Å². The maximum absolute atomic E-state index is 12.4. The van der Waals surface area contributed by atoms with Crippen LogP contribution in [-0.4, -0.2) is 23.6 Å². The van der Waals surface area contributed by atoms with Crippen LogP contribution >= 0.6 is 23.2 Å². The van der Waals surface area contributed by atoms with Gasteiger partial charge in [-0.05, 0) is 48.4 Å². The second kappa shape index (κ2) is 9.08. The number of ether oxygens (including phenoxy) is 1. The molecule has 8 heteroatoms. The summed E-state index contributed by atoms with van der Waals surface area (Å²) in [6.45, 7) is 1.23. The maximum atomic E-state index is 12.4. The van der Waals surface area contributed by atoms with Gasteiger partial charge in [-0.3, -0.25) is 4.79 Å². The van der Waals surface area contributed by atoms with Gasteiger partial charge < -0.3 is 15.2 Å². The first-order valence-corrected chi connectivity index (χ1v) is 8.40. The highest BCUT2D eigenvalue weighted by Crippen LogP contribution is 2.27. The highest BCUT2D eigenvalue weighted by molar-refractivity contribution is 6.32. The first-order chi connectivity index (χ1) is 12.8. The van der Waals surface area contributed by atoms with Crippen LogP contribution in [0.15, 0.2) is 42.0 Å². The van der Waals surface area contributed by atoms with Gasteiger partial charge in [0.2, 0.25) is 0 Å². The molecule has 0 radical (unpaired) electrons. The third-order valence-electron chi connectivity index (χ3n) is 3.50. The Bertz CT molecular complexity index is 965. The number of aliphatic carboxylic acids is 1. The molecule has 0 aliphatic rings. The van der Waals surface area contributed by atoms with E-state index in [1.807, 2.05) is 6.07 Å². The third kappa shape index (κ3) is 5.48. The Morgan fingerprint density at radius 1 is 1.26 bits per heavy atom. The highest BCUT2D eigenvalue weighted by atomic mass is 35.5. The molecule has 0 fully saturated rings. The van der Waals surface area contributed by atoms with Crippen molar-refractivity contribution in [1.29, 1.82) is 5.26 Å². The van der Waals surface area contributed by atoms with E-state index in [-0.39, 0.29) is 16.3 Å². The minimum atomic E-state index is -1.13. The molecule has 0 aliphatic carbocycles. The van der Waals surface area contributed by atoms with Crippen molar-refractivity contribution in [3.8, 4) is 11.8 Å². The predicted octanol–water partition coefficient (Wildman–Crippen LogP) is 4.31. The van der Waals surface area contributed by atoms with E-state index >= 15 is 0 Å². The lowest BCUT2D eigenvalue weighted by atomic mass is 10.1. The van der Waals surface area contributed by atoms with Gasteiger partial charge in [-0.1, -0.05) is 35.3 Å². The van der Waals surface area contributed by atoms with Gasteiger partial charge in [0, 0.05) is 10.7 Å². The molecule has 2 rings (SSSR count). The first kappa shape index (κ1) is 20.3. The second-order valence-corrected chi connectivity index (χ2v) is 6.22. The maximum Gasteiger partial charge on any atom is 0.341 e. The van der Waals surface area contributed by atoms with Crippen LogP contribution in [0.2, 0.25) is 10.0 Å². The van der Waals surface area contributed by atoms with Crippen LogP contribution in [0.1, 0.15) is 11.1 Å². The largest absolute Gasteiger partial charge is 0.480 e. The van der Waals surface area contributed by atoms with Crippen molar-refractivity contribution in [1.82, 2.24) is 0 Å². The number of nitriles is 1. The van der Waals surface area contributed by atoms with Crippen molar-refractivity contribution in [3.05, 3.63) is 63.1 Å². The van der Waals surface area contributed by atoms with Crippen LogP contribution in [0.25, 0.3) is 6.08 Å². The van der Waals surface area contributed by atoms with Crippen LogP contribution in [0.4, 0.5) is 5.69 Å². The van der Waals surface area contributed by atoms with Crippen LogP contribution in [0, 0.1) is 18.3 Å². The summed E-state index contributed by atoms with van der Waals surface area (Å²) in [6.07, 6.45) is 1.36. The molecule has 0 saturated heterocycles. The van der Waals surface area contributed by atoms with E-state index in [0.717, 1.165) is 0 Å². The molecule has 138 valence electrons. The summed E-state index contributed by atoms with van der Waals surface area (Å²) in [6, 6.07) is 11.4. The summed E-state index contributed by atoms with van der Waals surface area (Å²) >= 11 is 12.1. The summed E-state index contributed by atoms with van der Waals surface area (Å²) in [5.74, 6) is -1.53. The number of carboxylic acid groups (broad SMARTS) is 1. The molecule has 0 spiro atoms. The molecule has 0 aromatic heterocycles. The van der Waals surface area contributed by atoms with E-state index < -0.39 is 18.5 Å². The fraction of sp³-hybridized carbons (Fsp3) is 0.105. The molecule has 27 heavy (non-hydrogen) atoms. The molecular formula is C19H14Cl2N2O4. The number of carboxylic acids is 1. The average Bonchev–Trinajstić information content (AvgIpc) is 2.62. The fourth-order valence-corrected chi connectivity index (χ4v) is 2.53. The molecule has 1 amide bonds. The SMILES string of the molecule is Cc1c(Cl)cccc1NC(=O)/C(C#N)=C/c1ccc(OCC(=O)O)c(Cl)c1. The van der Waals surface area contributed by atoms with Gasteiger partial charge in [-0.25, -0.2) is 4.79 Å². The number of rotatable bonds is 6. The Kier molecular flexibility index (Phi) is 6.83. The fourth-order valence-electron chi connectivity index (χ4n) is 2.11. The summed E-state index contributed by atoms with van der Waals surface area (Å²) in [7, 11) is 0. The zero-order valence-electron chi connectivity index (χ0n) is 14.1. The van der Waals surface area contributed by atoms with Gasteiger partial charge in [0.1, 0.15) is 17.4 Å². The zero-order valence-corrected chi connectivity index (χ0v) is 15.6. The van der Waals surface area contributed by atoms with E-state index in [0.29, 0.717) is 21.8 Å². The van der Waals surface area contributed by atoms with E-state index in [1.165, 1.54) is 18.2 Å². The number of halogens is 2. The lowest BCUT2D eigenvalue weighted by Gasteiger charge is -2.09. The van der Waals surface area contributed by atoms with Gasteiger partial charge in [-0.2, -0.15) is 5.26 Å². The summed E-state index contributed by atoms with van der Waals surface area (Å²) in [5.41, 5.74) is 1.54. The summed E-state index contributed by atoms with van der Waals surface area (Å²) < 4.78 is 5.03. The molecule has 0 atom stereocenters. The Morgan fingerprint density at radius 3 is 2.63 bits per heavy atom. The van der Waals surface area contributed by atoms with Gasteiger partial charge in [0.15, 0.2) is 6.61 Å². The van der Waals surface area contributed by atoms with Crippen LogP contribution in [0.5, 0.6) is 5.75 Å². The number of hydrogen-bond acceptors (Lipinski definition) is 4. The number of benzene rings is 2. The number of carbonyl (C=O) groups is 2. The Morgan fingerprint density at radius 2 is 2.00 bits per heavy atom. The number of nitrogens with one attached hydrogen (secondary N) is 1. The van der Waals surface area contributed by atoms with E-state index in [4.69, 9.17) is 33.0 Å². The van der Waals surface area contributed by atoms with E-state index in [2.05, 4.69) is 5.32 Å². The third-order valence-corrected chi connectivity index (χ3v) is 4.20. The van der Waals surface area contributed by atoms with Gasteiger partial charge in [-0.15, -0.1) is 0 Å². The number of hydrogen-bond donors (Lipinski definition) is 2. The Balaban J connectivity index is 2.21. The van der Waals surface area contributed by atoms with Gasteiger partial charge >= 0.3 is 5.97 Å². The molecule has 0 aliphatic heterocycles. The van der Waals surface area contributed by atoms with Gasteiger partial charge in [0.25, 0.3) is 5.91 Å². The lowest BCUT2D eigenvalue weighted by molar-refractivity contribution is -0.139. The van der Waals surface area contributed by atoms with Crippen LogP contribution < -0.4 is 10.1 Å². The molecular weight excluding hydrogens is 391 g/mol. The van der Waals surface area contributed by atoms with Crippen molar-refractivity contribution in [2.75, 3.05) is 11.9 Å². The second-order valence-electron chi connectivity index (χ2n) is 5.41. The molecule has 0 unspecified atom stereocenters. The number of nitrogens with zero attached hydrogens (tertiary/aromatic N) is 1. The molecule has 0 bridgehead atoms. The van der Waals surface area contributed by atoms with Crippen molar-refractivity contribution in [2.45, 2.75) is 6.92 Å². The Hall–Kier alpha value is -3.01. The smallest absolute Gasteiger partial charge is 0.341 e. The number of amides is 1. The quantitative estimate of drug-likeness (QED) is 0.551. The summed E-state index contributed by atoms with van der Waals surface area (Å²) in [5, 5.41) is 21.2. The van der Waals surface area contributed by atoms with Gasteiger partial charge in [0.05, 0.1) is 5.02 Å². The minimum Gasteiger partial charge on any atom is -0.480 e. The minimum absolute atomic E-state index is 0.135. The molecule has 0 heterocycles. The standard InChI is InChI=1S/C19H14Cl2N2O4/c1-11-14(20)3-2-4-16(11)23-19(26)13(9-22)7-12-5-6-17(15(21)8-12)27-10-18(24)25/h2-8H,10H2,1H3,(H,23,26)(H,24,25)/b13-7+.